The largest absolute Gasteiger partial charge is 0.497 e. The minimum atomic E-state index is -0.536. The van der Waals surface area contributed by atoms with E-state index in [0.29, 0.717) is 22.7 Å². The summed E-state index contributed by atoms with van der Waals surface area (Å²) in [5, 5.41) is 23.2. The molecule has 0 radical (unpaired) electrons. The van der Waals surface area contributed by atoms with Crippen molar-refractivity contribution in [1.82, 2.24) is 0 Å². The van der Waals surface area contributed by atoms with Gasteiger partial charge in [-0.3, -0.25) is 14.9 Å². The molecule has 0 spiro atoms. The molecule has 1 N–H and O–H groups in total. The number of nitro benzene ring substituents is 1. The van der Waals surface area contributed by atoms with Crippen molar-refractivity contribution in [3.63, 3.8) is 0 Å². The van der Waals surface area contributed by atoms with Gasteiger partial charge in [0.05, 0.1) is 12.0 Å². The molecule has 0 aromatic heterocycles. The van der Waals surface area contributed by atoms with Crippen molar-refractivity contribution in [2.24, 2.45) is 0 Å². The lowest BCUT2D eigenvalue weighted by Crippen LogP contribution is -2.14. The highest BCUT2D eigenvalue weighted by Gasteiger charge is 2.14. The normalized spacial score (nSPS) is 10.8. The SMILES string of the molecule is COc1ccc(/C=C(\C#N)C(=O)Nc2ccc(C)cc2C)c(OCc2ccc([N+](=O)[O-])cc2)c1. The summed E-state index contributed by atoms with van der Waals surface area (Å²) in [6, 6.07) is 18.6. The third kappa shape index (κ3) is 5.99. The average Bonchev–Trinajstić information content (AvgIpc) is 2.83. The summed E-state index contributed by atoms with van der Waals surface area (Å²) in [5.41, 5.74) is 3.71. The fourth-order valence-corrected chi connectivity index (χ4v) is 3.21. The van der Waals surface area contributed by atoms with Crippen LogP contribution in [0.5, 0.6) is 11.5 Å². The van der Waals surface area contributed by atoms with Crippen LogP contribution in [0.15, 0.2) is 66.2 Å². The van der Waals surface area contributed by atoms with Crippen molar-refractivity contribution in [3.8, 4) is 17.6 Å². The van der Waals surface area contributed by atoms with Crippen LogP contribution in [0.2, 0.25) is 0 Å². The second-order valence-electron chi connectivity index (χ2n) is 7.56. The fraction of sp³-hybridized carbons (Fsp3) is 0.154. The molecular formula is C26H23N3O5. The van der Waals surface area contributed by atoms with Crippen LogP contribution in [0.3, 0.4) is 0 Å². The third-order valence-electron chi connectivity index (χ3n) is 5.06. The van der Waals surface area contributed by atoms with Crippen LogP contribution in [0.1, 0.15) is 22.3 Å². The standard InChI is InChI=1S/C26H23N3O5/c1-17-4-11-24(18(2)12-17)28-26(30)21(15-27)13-20-7-10-23(33-3)14-25(20)34-16-19-5-8-22(9-6-19)29(31)32/h4-14H,16H2,1-3H3,(H,28,30)/b21-13+. The van der Waals surface area contributed by atoms with Gasteiger partial charge in [-0.25, -0.2) is 0 Å². The first kappa shape index (κ1) is 24.0. The molecule has 0 fully saturated rings. The van der Waals surface area contributed by atoms with E-state index in [1.54, 1.807) is 36.4 Å². The lowest BCUT2D eigenvalue weighted by atomic mass is 10.1. The Balaban J connectivity index is 1.84. The molecule has 0 aliphatic rings. The maximum atomic E-state index is 12.8. The van der Waals surface area contributed by atoms with Gasteiger partial charge in [0.15, 0.2) is 0 Å². The van der Waals surface area contributed by atoms with Crippen molar-refractivity contribution in [1.29, 1.82) is 5.26 Å². The smallest absolute Gasteiger partial charge is 0.269 e. The zero-order valence-electron chi connectivity index (χ0n) is 19.0. The Kier molecular flexibility index (Phi) is 7.62. The Bertz CT molecular complexity index is 1290. The Hall–Kier alpha value is -4.64. The highest BCUT2D eigenvalue weighted by molar-refractivity contribution is 6.10. The number of nitrogens with one attached hydrogen (secondary N) is 1. The van der Waals surface area contributed by atoms with Crippen LogP contribution < -0.4 is 14.8 Å². The Morgan fingerprint density at radius 2 is 1.85 bits per heavy atom. The van der Waals surface area contributed by atoms with Crippen LogP contribution in [-0.2, 0) is 11.4 Å². The topological polar surface area (TPSA) is 114 Å². The molecule has 0 saturated carbocycles. The van der Waals surface area contributed by atoms with E-state index >= 15 is 0 Å². The van der Waals surface area contributed by atoms with Gasteiger partial charge in [-0.1, -0.05) is 17.7 Å². The summed E-state index contributed by atoms with van der Waals surface area (Å²) in [6.07, 6.45) is 1.45. The number of hydrogen-bond acceptors (Lipinski definition) is 6. The Morgan fingerprint density at radius 1 is 1.12 bits per heavy atom. The summed E-state index contributed by atoms with van der Waals surface area (Å²) in [5.74, 6) is 0.394. The maximum absolute atomic E-state index is 12.8. The first-order valence-corrected chi connectivity index (χ1v) is 10.3. The Labute approximate surface area is 197 Å². The number of carbonyl (C=O) groups is 1. The number of nitrogens with zero attached hydrogens (tertiary/aromatic N) is 2. The summed E-state index contributed by atoms with van der Waals surface area (Å²) in [6.45, 7) is 3.97. The van der Waals surface area contributed by atoms with Gasteiger partial charge in [0.2, 0.25) is 0 Å². The number of methoxy groups -OCH3 is 1. The van der Waals surface area contributed by atoms with Gasteiger partial charge < -0.3 is 14.8 Å². The van der Waals surface area contributed by atoms with E-state index in [1.165, 1.54) is 25.3 Å². The molecule has 3 aromatic rings. The predicted octanol–water partition coefficient (Wildman–Crippen LogP) is 5.34. The van der Waals surface area contributed by atoms with Gasteiger partial charge in [-0.15, -0.1) is 0 Å². The minimum absolute atomic E-state index is 0.0118. The quantitative estimate of drug-likeness (QED) is 0.211. The number of non-ortho nitro benzene ring substituents is 1. The molecule has 8 heteroatoms. The number of carbonyl (C=O) groups excluding carboxylic acids is 1. The lowest BCUT2D eigenvalue weighted by molar-refractivity contribution is -0.384. The van der Waals surface area contributed by atoms with E-state index in [9.17, 15) is 20.2 Å². The average molecular weight is 457 g/mol. The molecule has 8 nitrogen and oxygen atoms in total. The minimum Gasteiger partial charge on any atom is -0.497 e. The van der Waals surface area contributed by atoms with Gasteiger partial charge in [0.25, 0.3) is 11.6 Å². The van der Waals surface area contributed by atoms with Gasteiger partial charge in [0, 0.05) is 29.4 Å². The summed E-state index contributed by atoms with van der Waals surface area (Å²) < 4.78 is 11.2. The third-order valence-corrected chi connectivity index (χ3v) is 5.06. The van der Waals surface area contributed by atoms with E-state index in [1.807, 2.05) is 32.0 Å². The van der Waals surface area contributed by atoms with Gasteiger partial charge >= 0.3 is 0 Å². The second kappa shape index (κ2) is 10.8. The number of nitriles is 1. The summed E-state index contributed by atoms with van der Waals surface area (Å²) in [7, 11) is 1.52. The number of hydrogen-bond donors (Lipinski definition) is 1. The number of nitro groups is 1. The zero-order chi connectivity index (χ0) is 24.7. The van der Waals surface area contributed by atoms with Crippen LogP contribution in [0.25, 0.3) is 6.08 Å². The van der Waals surface area contributed by atoms with Crippen molar-refractivity contribution in [2.45, 2.75) is 20.5 Å². The number of ether oxygens (including phenoxy) is 2. The molecule has 1 amide bonds. The van der Waals surface area contributed by atoms with Crippen molar-refractivity contribution >= 4 is 23.4 Å². The van der Waals surface area contributed by atoms with Crippen molar-refractivity contribution in [2.75, 3.05) is 12.4 Å². The molecule has 0 atom stereocenters. The first-order valence-electron chi connectivity index (χ1n) is 10.3. The zero-order valence-corrected chi connectivity index (χ0v) is 19.0. The molecule has 3 rings (SSSR count). The van der Waals surface area contributed by atoms with Crippen molar-refractivity contribution in [3.05, 3.63) is 98.6 Å². The highest BCUT2D eigenvalue weighted by atomic mass is 16.6. The van der Waals surface area contributed by atoms with Crippen LogP contribution in [-0.4, -0.2) is 17.9 Å². The molecule has 172 valence electrons. The second-order valence-corrected chi connectivity index (χ2v) is 7.56. The molecule has 0 aliphatic carbocycles. The molecule has 0 saturated heterocycles. The molecule has 0 unspecified atom stereocenters. The first-order chi connectivity index (χ1) is 16.3. The fourth-order valence-electron chi connectivity index (χ4n) is 3.21. The molecule has 34 heavy (non-hydrogen) atoms. The van der Waals surface area contributed by atoms with Crippen molar-refractivity contribution < 1.29 is 19.2 Å². The lowest BCUT2D eigenvalue weighted by Gasteiger charge is -2.12. The number of benzene rings is 3. The molecule has 0 aliphatic heterocycles. The van der Waals surface area contributed by atoms with Crippen LogP contribution in [0, 0.1) is 35.3 Å². The van der Waals surface area contributed by atoms with Crippen LogP contribution in [0.4, 0.5) is 11.4 Å². The van der Waals surface area contributed by atoms with Gasteiger partial charge in [-0.2, -0.15) is 5.26 Å². The summed E-state index contributed by atoms with van der Waals surface area (Å²) >= 11 is 0. The van der Waals surface area contributed by atoms with Gasteiger partial charge in [0.1, 0.15) is 29.7 Å². The van der Waals surface area contributed by atoms with Gasteiger partial charge in [-0.05, 0) is 61.4 Å². The van der Waals surface area contributed by atoms with E-state index in [0.717, 1.165) is 16.7 Å². The number of anilines is 1. The molecular weight excluding hydrogens is 434 g/mol. The molecule has 0 heterocycles. The summed E-state index contributed by atoms with van der Waals surface area (Å²) in [4.78, 5) is 23.1. The number of amides is 1. The molecule has 0 bridgehead atoms. The number of aryl methyl sites for hydroxylation is 2. The molecule has 3 aromatic carbocycles. The van der Waals surface area contributed by atoms with E-state index < -0.39 is 10.8 Å². The van der Waals surface area contributed by atoms with Crippen LogP contribution >= 0.6 is 0 Å². The Morgan fingerprint density at radius 3 is 2.47 bits per heavy atom. The monoisotopic (exact) mass is 457 g/mol. The highest BCUT2D eigenvalue weighted by Crippen LogP contribution is 2.28. The predicted molar refractivity (Wildman–Crippen MR) is 129 cm³/mol. The van der Waals surface area contributed by atoms with E-state index in [2.05, 4.69) is 5.32 Å². The van der Waals surface area contributed by atoms with E-state index in [-0.39, 0.29) is 17.9 Å². The maximum Gasteiger partial charge on any atom is 0.269 e. The van der Waals surface area contributed by atoms with E-state index in [4.69, 9.17) is 9.47 Å². The number of rotatable bonds is 8.